The average molecular weight is 225 g/mol. The molecule has 14 heavy (non-hydrogen) atoms. The van der Waals surface area contributed by atoms with Crippen LogP contribution in [0.15, 0.2) is 0 Å². The van der Waals surface area contributed by atoms with Crippen LogP contribution >= 0.6 is 0 Å². The minimum atomic E-state index is -4.21. The standard InChI is InChI=1S/C8H19NO4S/c1-3-4-5-6-9-8(7(2)10)14(11,12)13/h7-10H,3-6H2,1-2H3,(H,11,12,13). The molecule has 2 unspecified atom stereocenters. The number of nitrogens with one attached hydrogen (secondary N) is 1. The molecule has 86 valence electrons. The Hall–Kier alpha value is -0.170. The van der Waals surface area contributed by atoms with Crippen LogP contribution in [-0.4, -0.2) is 36.1 Å². The molecule has 0 amide bonds. The molecule has 0 heterocycles. The first kappa shape index (κ1) is 13.8. The molecule has 0 aromatic carbocycles. The summed E-state index contributed by atoms with van der Waals surface area (Å²) in [6.45, 7) is 3.84. The van der Waals surface area contributed by atoms with Gasteiger partial charge in [-0.15, -0.1) is 0 Å². The highest BCUT2D eigenvalue weighted by atomic mass is 32.2. The van der Waals surface area contributed by atoms with Crippen molar-refractivity contribution in [2.24, 2.45) is 0 Å². The number of aliphatic hydroxyl groups excluding tert-OH is 1. The molecule has 2 atom stereocenters. The predicted octanol–water partition coefficient (Wildman–Crippen LogP) is 0.361. The van der Waals surface area contributed by atoms with Gasteiger partial charge in [0.05, 0.1) is 6.10 Å². The first-order valence-corrected chi connectivity index (χ1v) is 6.27. The highest BCUT2D eigenvalue weighted by molar-refractivity contribution is 7.86. The third-order valence-corrected chi connectivity index (χ3v) is 3.09. The molecule has 0 aromatic rings. The summed E-state index contributed by atoms with van der Waals surface area (Å²) in [6.07, 6.45) is 1.74. The van der Waals surface area contributed by atoms with Gasteiger partial charge in [-0.25, -0.2) is 0 Å². The topological polar surface area (TPSA) is 86.6 Å². The third-order valence-electron chi connectivity index (χ3n) is 1.88. The maximum absolute atomic E-state index is 10.8. The first-order chi connectivity index (χ1) is 6.39. The zero-order chi connectivity index (χ0) is 11.2. The average Bonchev–Trinajstić information content (AvgIpc) is 2.01. The van der Waals surface area contributed by atoms with Gasteiger partial charge in [0.1, 0.15) is 0 Å². The van der Waals surface area contributed by atoms with Gasteiger partial charge in [-0.1, -0.05) is 19.8 Å². The molecule has 0 aliphatic heterocycles. The minimum Gasteiger partial charge on any atom is -0.391 e. The lowest BCUT2D eigenvalue weighted by atomic mass is 10.2. The van der Waals surface area contributed by atoms with Crippen LogP contribution < -0.4 is 5.32 Å². The second-order valence-corrected chi connectivity index (χ2v) is 4.88. The molecule has 0 saturated heterocycles. The fourth-order valence-electron chi connectivity index (χ4n) is 1.14. The Bertz CT molecular complexity index is 238. The Morgan fingerprint density at radius 3 is 2.29 bits per heavy atom. The summed E-state index contributed by atoms with van der Waals surface area (Å²) >= 11 is 0. The van der Waals surface area contributed by atoms with Gasteiger partial charge in [-0.3, -0.25) is 9.87 Å². The smallest absolute Gasteiger partial charge is 0.283 e. The largest absolute Gasteiger partial charge is 0.391 e. The van der Waals surface area contributed by atoms with Gasteiger partial charge in [0.15, 0.2) is 5.37 Å². The molecule has 0 fully saturated rings. The van der Waals surface area contributed by atoms with Crippen LogP contribution in [0.25, 0.3) is 0 Å². The van der Waals surface area contributed by atoms with Gasteiger partial charge in [-0.2, -0.15) is 8.42 Å². The lowest BCUT2D eigenvalue weighted by Crippen LogP contribution is -2.44. The molecule has 3 N–H and O–H groups in total. The second-order valence-electron chi connectivity index (χ2n) is 3.34. The van der Waals surface area contributed by atoms with Crippen LogP contribution in [0.4, 0.5) is 0 Å². The molecular weight excluding hydrogens is 206 g/mol. The van der Waals surface area contributed by atoms with Crippen molar-refractivity contribution in [2.45, 2.75) is 44.6 Å². The molecule has 0 spiro atoms. The van der Waals surface area contributed by atoms with E-state index in [1.54, 1.807) is 0 Å². The molecule has 6 heteroatoms. The molecule has 0 bridgehead atoms. The SMILES string of the molecule is CCCCCNC(C(C)O)S(=O)(=O)O. The van der Waals surface area contributed by atoms with E-state index < -0.39 is 21.6 Å². The third kappa shape index (κ3) is 5.54. The first-order valence-electron chi connectivity index (χ1n) is 4.77. The Morgan fingerprint density at radius 1 is 1.36 bits per heavy atom. The van der Waals surface area contributed by atoms with Gasteiger partial charge < -0.3 is 5.11 Å². The van der Waals surface area contributed by atoms with Crippen molar-refractivity contribution >= 4 is 10.1 Å². The summed E-state index contributed by atoms with van der Waals surface area (Å²) < 4.78 is 30.3. The van der Waals surface area contributed by atoms with Gasteiger partial charge in [-0.05, 0) is 19.9 Å². The number of aliphatic hydroxyl groups is 1. The summed E-state index contributed by atoms with van der Waals surface area (Å²) in [6, 6.07) is 0. The predicted molar refractivity (Wildman–Crippen MR) is 54.5 cm³/mol. The monoisotopic (exact) mass is 225 g/mol. The summed E-state index contributed by atoms with van der Waals surface area (Å²) in [5.74, 6) is 0. The van der Waals surface area contributed by atoms with Gasteiger partial charge in [0.2, 0.25) is 0 Å². The molecular formula is C8H19NO4S. The van der Waals surface area contributed by atoms with Gasteiger partial charge >= 0.3 is 0 Å². The van der Waals surface area contributed by atoms with Crippen LogP contribution in [0.5, 0.6) is 0 Å². The summed E-state index contributed by atoms with van der Waals surface area (Å²) in [5, 5.41) is 10.4. The Kier molecular flexibility index (Phi) is 6.26. The zero-order valence-corrected chi connectivity index (χ0v) is 9.42. The van der Waals surface area contributed by atoms with E-state index in [1.807, 2.05) is 6.92 Å². The van der Waals surface area contributed by atoms with E-state index in [-0.39, 0.29) is 0 Å². The van der Waals surface area contributed by atoms with E-state index in [1.165, 1.54) is 6.92 Å². The number of unbranched alkanes of at least 4 members (excludes halogenated alkanes) is 2. The van der Waals surface area contributed by atoms with Crippen molar-refractivity contribution in [3.63, 3.8) is 0 Å². The fourth-order valence-corrected chi connectivity index (χ4v) is 1.97. The Balaban J connectivity index is 4.01. The number of rotatable bonds is 7. The normalized spacial score (nSPS) is 16.6. The second kappa shape index (κ2) is 6.34. The van der Waals surface area contributed by atoms with Crippen molar-refractivity contribution in [2.75, 3.05) is 6.54 Å². The van der Waals surface area contributed by atoms with Gasteiger partial charge in [0, 0.05) is 0 Å². The van der Waals surface area contributed by atoms with Crippen molar-refractivity contribution < 1.29 is 18.1 Å². The summed E-state index contributed by atoms with van der Waals surface area (Å²) in [5.41, 5.74) is 0. The quantitative estimate of drug-likeness (QED) is 0.430. The lowest BCUT2D eigenvalue weighted by molar-refractivity contribution is 0.170. The molecule has 0 saturated carbocycles. The van der Waals surface area contributed by atoms with E-state index >= 15 is 0 Å². The van der Waals surface area contributed by atoms with Crippen LogP contribution in [-0.2, 0) is 10.1 Å². The van der Waals surface area contributed by atoms with E-state index in [9.17, 15) is 8.42 Å². The number of hydrogen-bond donors (Lipinski definition) is 3. The van der Waals surface area contributed by atoms with E-state index in [2.05, 4.69) is 5.32 Å². The maximum atomic E-state index is 10.8. The van der Waals surface area contributed by atoms with Crippen LogP contribution in [0.3, 0.4) is 0 Å². The van der Waals surface area contributed by atoms with Crippen molar-refractivity contribution in [1.29, 1.82) is 0 Å². The lowest BCUT2D eigenvalue weighted by Gasteiger charge is -2.18. The minimum absolute atomic E-state index is 0.475. The summed E-state index contributed by atoms with van der Waals surface area (Å²) in [4.78, 5) is 0. The van der Waals surface area contributed by atoms with Crippen LogP contribution in [0.2, 0.25) is 0 Å². The molecule has 5 nitrogen and oxygen atoms in total. The van der Waals surface area contributed by atoms with Crippen LogP contribution in [0.1, 0.15) is 33.1 Å². The van der Waals surface area contributed by atoms with E-state index in [4.69, 9.17) is 9.66 Å². The Labute approximate surface area is 85.3 Å². The zero-order valence-electron chi connectivity index (χ0n) is 8.60. The maximum Gasteiger partial charge on any atom is 0.283 e. The summed E-state index contributed by atoms with van der Waals surface area (Å²) in [7, 11) is -4.21. The van der Waals surface area contributed by atoms with Gasteiger partial charge in [0.25, 0.3) is 10.1 Å². The molecule has 0 rings (SSSR count). The van der Waals surface area contributed by atoms with Crippen molar-refractivity contribution in [3.05, 3.63) is 0 Å². The van der Waals surface area contributed by atoms with Crippen LogP contribution in [0, 0.1) is 0 Å². The van der Waals surface area contributed by atoms with Crippen molar-refractivity contribution in [1.82, 2.24) is 5.32 Å². The number of hydrogen-bond acceptors (Lipinski definition) is 4. The highest BCUT2D eigenvalue weighted by Gasteiger charge is 2.26. The van der Waals surface area contributed by atoms with Crippen molar-refractivity contribution in [3.8, 4) is 0 Å². The fraction of sp³-hybridized carbons (Fsp3) is 1.00. The Morgan fingerprint density at radius 2 is 1.93 bits per heavy atom. The molecule has 0 aromatic heterocycles. The molecule has 0 aliphatic carbocycles. The van der Waals surface area contributed by atoms with E-state index in [0.29, 0.717) is 6.54 Å². The highest BCUT2D eigenvalue weighted by Crippen LogP contribution is 2.02. The van der Waals surface area contributed by atoms with E-state index in [0.717, 1.165) is 19.3 Å². The molecule has 0 aliphatic rings. The molecule has 0 radical (unpaired) electrons.